The SMILES string of the molecule is CCCNc1cccc(-c2cccc3c2CCC3CC)c1C. The predicted octanol–water partition coefficient (Wildman–Crippen LogP) is 5.92. The topological polar surface area (TPSA) is 12.0 Å². The van der Waals surface area contributed by atoms with E-state index in [9.17, 15) is 0 Å². The molecule has 0 fully saturated rings. The Morgan fingerprint density at radius 1 is 1.05 bits per heavy atom. The molecule has 1 heteroatoms. The monoisotopic (exact) mass is 293 g/mol. The summed E-state index contributed by atoms with van der Waals surface area (Å²) in [4.78, 5) is 0. The highest BCUT2D eigenvalue weighted by molar-refractivity contribution is 5.77. The molecule has 1 N–H and O–H groups in total. The van der Waals surface area contributed by atoms with Gasteiger partial charge in [-0.2, -0.15) is 0 Å². The molecule has 0 bridgehead atoms. The highest BCUT2D eigenvalue weighted by Crippen LogP contribution is 2.41. The molecule has 2 aromatic rings. The molecule has 0 saturated carbocycles. The second kappa shape index (κ2) is 6.56. The average molecular weight is 293 g/mol. The van der Waals surface area contributed by atoms with Crippen LogP contribution in [0.4, 0.5) is 5.69 Å². The maximum Gasteiger partial charge on any atom is 0.0376 e. The summed E-state index contributed by atoms with van der Waals surface area (Å²) in [6.07, 6.45) is 4.96. The summed E-state index contributed by atoms with van der Waals surface area (Å²) in [5.41, 5.74) is 8.68. The molecule has 0 spiro atoms. The Bertz CT molecular complexity index is 657. The number of hydrogen-bond donors (Lipinski definition) is 1. The minimum Gasteiger partial charge on any atom is -0.385 e. The van der Waals surface area contributed by atoms with Crippen molar-refractivity contribution in [2.75, 3.05) is 11.9 Å². The van der Waals surface area contributed by atoms with E-state index in [0.717, 1.165) is 18.9 Å². The second-order valence-corrected chi connectivity index (χ2v) is 6.42. The van der Waals surface area contributed by atoms with Crippen molar-refractivity contribution in [3.63, 3.8) is 0 Å². The standard InChI is InChI=1S/C21H27N/c1-4-14-22-21-11-7-8-17(15(21)3)19-10-6-9-18-16(5-2)12-13-20(18)19/h6-11,16,22H,4-5,12-14H2,1-3H3. The Kier molecular flexibility index (Phi) is 4.52. The summed E-state index contributed by atoms with van der Waals surface area (Å²) in [5.74, 6) is 0.761. The van der Waals surface area contributed by atoms with Crippen molar-refractivity contribution in [1.29, 1.82) is 0 Å². The molecule has 1 aliphatic carbocycles. The molecular weight excluding hydrogens is 266 g/mol. The van der Waals surface area contributed by atoms with Crippen molar-refractivity contribution in [1.82, 2.24) is 0 Å². The van der Waals surface area contributed by atoms with E-state index in [1.165, 1.54) is 41.6 Å². The molecule has 1 aliphatic rings. The molecule has 0 amide bonds. The van der Waals surface area contributed by atoms with Crippen molar-refractivity contribution in [2.24, 2.45) is 0 Å². The Labute approximate surface area is 134 Å². The van der Waals surface area contributed by atoms with Crippen molar-refractivity contribution in [3.8, 4) is 11.1 Å². The lowest BCUT2D eigenvalue weighted by Gasteiger charge is -2.16. The summed E-state index contributed by atoms with van der Waals surface area (Å²) < 4.78 is 0. The first-order valence-electron chi connectivity index (χ1n) is 8.71. The van der Waals surface area contributed by atoms with Crippen LogP contribution in [0.2, 0.25) is 0 Å². The maximum atomic E-state index is 3.56. The molecule has 0 aliphatic heterocycles. The van der Waals surface area contributed by atoms with E-state index in [1.807, 2.05) is 0 Å². The van der Waals surface area contributed by atoms with Gasteiger partial charge in [0.2, 0.25) is 0 Å². The molecule has 116 valence electrons. The quantitative estimate of drug-likeness (QED) is 0.721. The number of nitrogens with one attached hydrogen (secondary N) is 1. The fourth-order valence-corrected chi connectivity index (χ4v) is 3.80. The first-order chi connectivity index (χ1) is 10.8. The van der Waals surface area contributed by atoms with E-state index in [4.69, 9.17) is 0 Å². The van der Waals surface area contributed by atoms with Gasteiger partial charge in [-0.1, -0.05) is 44.2 Å². The van der Waals surface area contributed by atoms with Gasteiger partial charge in [0, 0.05) is 12.2 Å². The van der Waals surface area contributed by atoms with Crippen LogP contribution < -0.4 is 5.32 Å². The lowest BCUT2D eigenvalue weighted by atomic mass is 9.91. The van der Waals surface area contributed by atoms with E-state index in [2.05, 4.69) is 62.5 Å². The van der Waals surface area contributed by atoms with E-state index in [-0.39, 0.29) is 0 Å². The third-order valence-electron chi connectivity index (χ3n) is 5.08. The summed E-state index contributed by atoms with van der Waals surface area (Å²) >= 11 is 0. The Hall–Kier alpha value is -1.76. The van der Waals surface area contributed by atoms with Crippen LogP contribution in [0.1, 0.15) is 55.7 Å². The van der Waals surface area contributed by atoms with Crippen molar-refractivity contribution >= 4 is 5.69 Å². The van der Waals surface area contributed by atoms with Gasteiger partial charge in [0.05, 0.1) is 0 Å². The highest BCUT2D eigenvalue weighted by atomic mass is 14.9. The summed E-state index contributed by atoms with van der Waals surface area (Å²) in [6, 6.07) is 13.6. The van der Waals surface area contributed by atoms with Crippen LogP contribution in [0.5, 0.6) is 0 Å². The van der Waals surface area contributed by atoms with Gasteiger partial charge in [0.15, 0.2) is 0 Å². The normalized spacial score (nSPS) is 16.6. The molecular formula is C21H27N. The first kappa shape index (κ1) is 15.1. The zero-order valence-corrected chi connectivity index (χ0v) is 14.1. The zero-order valence-electron chi connectivity index (χ0n) is 14.1. The first-order valence-corrected chi connectivity index (χ1v) is 8.71. The van der Waals surface area contributed by atoms with E-state index < -0.39 is 0 Å². The van der Waals surface area contributed by atoms with E-state index in [1.54, 1.807) is 11.1 Å². The molecule has 1 unspecified atom stereocenters. The van der Waals surface area contributed by atoms with Gasteiger partial charge < -0.3 is 5.32 Å². The molecule has 0 heterocycles. The highest BCUT2D eigenvalue weighted by Gasteiger charge is 2.24. The average Bonchev–Trinajstić information content (AvgIpc) is 2.97. The van der Waals surface area contributed by atoms with Gasteiger partial charge in [-0.25, -0.2) is 0 Å². The Balaban J connectivity index is 2.04. The van der Waals surface area contributed by atoms with Crippen molar-refractivity contribution in [3.05, 3.63) is 53.1 Å². The number of fused-ring (bicyclic) bond motifs is 1. The van der Waals surface area contributed by atoms with Crippen LogP contribution in [-0.4, -0.2) is 6.54 Å². The summed E-state index contributed by atoms with van der Waals surface area (Å²) in [6.45, 7) is 7.81. The fraction of sp³-hybridized carbons (Fsp3) is 0.429. The van der Waals surface area contributed by atoms with E-state index >= 15 is 0 Å². The molecule has 2 aromatic carbocycles. The molecule has 0 radical (unpaired) electrons. The Morgan fingerprint density at radius 3 is 2.59 bits per heavy atom. The number of anilines is 1. The third-order valence-corrected chi connectivity index (χ3v) is 5.08. The molecule has 1 nitrogen and oxygen atoms in total. The van der Waals surface area contributed by atoms with Crippen LogP contribution in [0.15, 0.2) is 36.4 Å². The van der Waals surface area contributed by atoms with Crippen LogP contribution in [0.25, 0.3) is 11.1 Å². The molecule has 0 aromatic heterocycles. The van der Waals surface area contributed by atoms with Gasteiger partial charge >= 0.3 is 0 Å². The molecule has 3 rings (SSSR count). The van der Waals surface area contributed by atoms with E-state index in [0.29, 0.717) is 0 Å². The molecule has 22 heavy (non-hydrogen) atoms. The van der Waals surface area contributed by atoms with Gasteiger partial charge in [-0.15, -0.1) is 0 Å². The lowest BCUT2D eigenvalue weighted by molar-refractivity contribution is 0.656. The largest absolute Gasteiger partial charge is 0.385 e. The van der Waals surface area contributed by atoms with Crippen molar-refractivity contribution < 1.29 is 0 Å². The number of rotatable bonds is 5. The third kappa shape index (κ3) is 2.65. The number of benzene rings is 2. The Morgan fingerprint density at radius 2 is 1.82 bits per heavy atom. The van der Waals surface area contributed by atoms with Crippen LogP contribution >= 0.6 is 0 Å². The second-order valence-electron chi connectivity index (χ2n) is 6.42. The van der Waals surface area contributed by atoms with Crippen LogP contribution in [0.3, 0.4) is 0 Å². The number of hydrogen-bond acceptors (Lipinski definition) is 1. The van der Waals surface area contributed by atoms with Crippen LogP contribution in [-0.2, 0) is 6.42 Å². The van der Waals surface area contributed by atoms with Crippen molar-refractivity contribution in [2.45, 2.75) is 52.4 Å². The predicted molar refractivity (Wildman–Crippen MR) is 96.7 cm³/mol. The smallest absolute Gasteiger partial charge is 0.0376 e. The van der Waals surface area contributed by atoms with Gasteiger partial charge in [-0.3, -0.25) is 0 Å². The van der Waals surface area contributed by atoms with Crippen LogP contribution in [0, 0.1) is 6.92 Å². The van der Waals surface area contributed by atoms with Gasteiger partial charge in [-0.05, 0) is 72.4 Å². The summed E-state index contributed by atoms with van der Waals surface area (Å²) in [7, 11) is 0. The summed E-state index contributed by atoms with van der Waals surface area (Å²) in [5, 5.41) is 3.56. The molecule has 1 atom stereocenters. The minimum atomic E-state index is 0.761. The maximum absolute atomic E-state index is 3.56. The lowest BCUT2D eigenvalue weighted by Crippen LogP contribution is -2.02. The fourth-order valence-electron chi connectivity index (χ4n) is 3.80. The zero-order chi connectivity index (χ0) is 15.5. The van der Waals surface area contributed by atoms with Gasteiger partial charge in [0.25, 0.3) is 0 Å². The van der Waals surface area contributed by atoms with Gasteiger partial charge in [0.1, 0.15) is 0 Å². The molecule has 0 saturated heterocycles. The minimum absolute atomic E-state index is 0.761.